The van der Waals surface area contributed by atoms with Gasteiger partial charge in [0.1, 0.15) is 0 Å². The predicted octanol–water partition coefficient (Wildman–Crippen LogP) is 2.52. The fourth-order valence-corrected chi connectivity index (χ4v) is 3.34. The number of hydrogen-bond acceptors (Lipinski definition) is 4. The summed E-state index contributed by atoms with van der Waals surface area (Å²) in [5, 5.41) is 0. The Hall–Kier alpha value is -2.79. The summed E-state index contributed by atoms with van der Waals surface area (Å²) in [5.74, 6) is 0.210. The van der Waals surface area contributed by atoms with Crippen molar-refractivity contribution in [1.82, 2.24) is 19.8 Å². The molecule has 5 nitrogen and oxygen atoms in total. The van der Waals surface area contributed by atoms with E-state index in [1.54, 1.807) is 0 Å². The molecule has 1 aliphatic heterocycles. The van der Waals surface area contributed by atoms with Crippen LogP contribution in [0, 0.1) is 0 Å². The van der Waals surface area contributed by atoms with Gasteiger partial charge in [-0.1, -0.05) is 42.5 Å². The van der Waals surface area contributed by atoms with Crippen LogP contribution in [-0.2, 0) is 17.8 Å². The SMILES string of the molecule is O=C(Cc1ccccc1)N1CCN(Cc2cnc3ccccc3n2)CC1. The number of aromatic nitrogens is 2. The lowest BCUT2D eigenvalue weighted by Gasteiger charge is -2.34. The lowest BCUT2D eigenvalue weighted by Crippen LogP contribution is -2.48. The molecule has 4 rings (SSSR count). The van der Waals surface area contributed by atoms with Crippen LogP contribution in [0.2, 0.25) is 0 Å². The van der Waals surface area contributed by atoms with Crippen molar-refractivity contribution in [3.8, 4) is 0 Å². The van der Waals surface area contributed by atoms with E-state index in [-0.39, 0.29) is 5.91 Å². The van der Waals surface area contributed by atoms with E-state index in [0.29, 0.717) is 6.42 Å². The third kappa shape index (κ3) is 3.89. The van der Waals surface area contributed by atoms with Gasteiger partial charge in [-0.05, 0) is 17.7 Å². The Morgan fingerprint density at radius 3 is 2.35 bits per heavy atom. The lowest BCUT2D eigenvalue weighted by atomic mass is 10.1. The fourth-order valence-electron chi connectivity index (χ4n) is 3.34. The number of carbonyl (C=O) groups is 1. The molecule has 0 saturated carbocycles. The normalized spacial score (nSPS) is 15.3. The summed E-state index contributed by atoms with van der Waals surface area (Å²) in [6.07, 6.45) is 2.34. The molecule has 1 aliphatic rings. The number of benzene rings is 2. The fraction of sp³-hybridized carbons (Fsp3) is 0.286. The van der Waals surface area contributed by atoms with Gasteiger partial charge in [-0.25, -0.2) is 4.98 Å². The molecule has 1 amide bonds. The van der Waals surface area contributed by atoms with E-state index in [0.717, 1.165) is 55.0 Å². The van der Waals surface area contributed by atoms with Crippen LogP contribution in [-0.4, -0.2) is 51.9 Å². The standard InChI is InChI=1S/C21H22N4O/c26-21(14-17-6-2-1-3-7-17)25-12-10-24(11-13-25)16-18-15-22-19-8-4-5-9-20(19)23-18/h1-9,15H,10-14,16H2. The second-order valence-electron chi connectivity index (χ2n) is 6.67. The summed E-state index contributed by atoms with van der Waals surface area (Å²) >= 11 is 0. The van der Waals surface area contributed by atoms with Crippen molar-refractivity contribution < 1.29 is 4.79 Å². The van der Waals surface area contributed by atoms with Crippen LogP contribution in [0.3, 0.4) is 0 Å². The first-order valence-electron chi connectivity index (χ1n) is 9.03. The summed E-state index contributed by atoms with van der Waals surface area (Å²) in [5.41, 5.74) is 3.91. The summed E-state index contributed by atoms with van der Waals surface area (Å²) < 4.78 is 0. The summed E-state index contributed by atoms with van der Waals surface area (Å²) in [4.78, 5) is 25.9. The molecule has 2 aromatic carbocycles. The molecule has 1 fully saturated rings. The van der Waals surface area contributed by atoms with E-state index in [4.69, 9.17) is 4.98 Å². The van der Waals surface area contributed by atoms with E-state index in [1.165, 1.54) is 0 Å². The number of para-hydroxylation sites is 2. The Morgan fingerprint density at radius 2 is 1.58 bits per heavy atom. The van der Waals surface area contributed by atoms with Crippen molar-refractivity contribution in [2.45, 2.75) is 13.0 Å². The van der Waals surface area contributed by atoms with Gasteiger partial charge in [0.25, 0.3) is 0 Å². The van der Waals surface area contributed by atoms with Gasteiger partial charge in [-0.15, -0.1) is 0 Å². The first kappa shape index (κ1) is 16.7. The third-order valence-electron chi connectivity index (χ3n) is 4.81. The molecule has 132 valence electrons. The van der Waals surface area contributed by atoms with Crippen LogP contribution in [0.15, 0.2) is 60.8 Å². The largest absolute Gasteiger partial charge is 0.340 e. The maximum atomic E-state index is 12.5. The van der Waals surface area contributed by atoms with Crippen LogP contribution in [0.5, 0.6) is 0 Å². The zero-order valence-electron chi connectivity index (χ0n) is 14.7. The first-order valence-corrected chi connectivity index (χ1v) is 9.03. The topological polar surface area (TPSA) is 49.3 Å². The highest BCUT2D eigenvalue weighted by Gasteiger charge is 2.21. The van der Waals surface area contributed by atoms with Gasteiger partial charge >= 0.3 is 0 Å². The van der Waals surface area contributed by atoms with Crippen molar-refractivity contribution in [2.24, 2.45) is 0 Å². The van der Waals surface area contributed by atoms with Gasteiger partial charge in [0.15, 0.2) is 0 Å². The van der Waals surface area contributed by atoms with E-state index in [2.05, 4.69) is 9.88 Å². The summed E-state index contributed by atoms with van der Waals surface area (Å²) in [7, 11) is 0. The number of nitrogens with zero attached hydrogens (tertiary/aromatic N) is 4. The van der Waals surface area contributed by atoms with Crippen molar-refractivity contribution >= 4 is 16.9 Å². The smallest absolute Gasteiger partial charge is 0.227 e. The minimum atomic E-state index is 0.210. The van der Waals surface area contributed by atoms with Gasteiger partial charge in [0, 0.05) is 32.7 Å². The van der Waals surface area contributed by atoms with Crippen molar-refractivity contribution in [1.29, 1.82) is 0 Å². The molecule has 0 atom stereocenters. The lowest BCUT2D eigenvalue weighted by molar-refractivity contribution is -0.132. The molecule has 2 heterocycles. The Labute approximate surface area is 153 Å². The maximum Gasteiger partial charge on any atom is 0.227 e. The monoisotopic (exact) mass is 346 g/mol. The molecule has 5 heteroatoms. The van der Waals surface area contributed by atoms with E-state index < -0.39 is 0 Å². The predicted molar refractivity (Wildman–Crippen MR) is 102 cm³/mol. The second-order valence-corrected chi connectivity index (χ2v) is 6.67. The van der Waals surface area contributed by atoms with Crippen molar-refractivity contribution in [3.63, 3.8) is 0 Å². The molecule has 0 radical (unpaired) electrons. The van der Waals surface area contributed by atoms with Gasteiger partial charge < -0.3 is 4.90 Å². The highest BCUT2D eigenvalue weighted by molar-refractivity contribution is 5.78. The number of carbonyl (C=O) groups excluding carboxylic acids is 1. The van der Waals surface area contributed by atoms with Gasteiger partial charge in [0.05, 0.1) is 29.3 Å². The van der Waals surface area contributed by atoms with Crippen molar-refractivity contribution in [3.05, 3.63) is 72.1 Å². The average Bonchev–Trinajstić information content (AvgIpc) is 2.69. The Morgan fingerprint density at radius 1 is 0.885 bits per heavy atom. The number of amides is 1. The quantitative estimate of drug-likeness (QED) is 0.728. The van der Waals surface area contributed by atoms with Crippen LogP contribution in [0.25, 0.3) is 11.0 Å². The third-order valence-corrected chi connectivity index (χ3v) is 4.81. The minimum absolute atomic E-state index is 0.210. The Bertz CT molecular complexity index is 889. The van der Waals surface area contributed by atoms with Crippen LogP contribution in [0.1, 0.15) is 11.3 Å². The zero-order valence-corrected chi connectivity index (χ0v) is 14.7. The average molecular weight is 346 g/mol. The highest BCUT2D eigenvalue weighted by Crippen LogP contribution is 2.12. The van der Waals surface area contributed by atoms with Crippen LogP contribution >= 0.6 is 0 Å². The number of rotatable bonds is 4. The Balaban J connectivity index is 1.32. The number of hydrogen-bond donors (Lipinski definition) is 0. The molecule has 0 unspecified atom stereocenters. The molecule has 1 saturated heterocycles. The summed E-state index contributed by atoms with van der Waals surface area (Å²) in [6, 6.07) is 17.9. The van der Waals surface area contributed by atoms with Gasteiger partial charge in [-0.2, -0.15) is 0 Å². The molecule has 0 spiro atoms. The molecule has 26 heavy (non-hydrogen) atoms. The summed E-state index contributed by atoms with van der Waals surface area (Å²) in [6.45, 7) is 4.06. The van der Waals surface area contributed by atoms with Gasteiger partial charge in [-0.3, -0.25) is 14.7 Å². The van der Waals surface area contributed by atoms with Crippen molar-refractivity contribution in [2.75, 3.05) is 26.2 Å². The number of piperazine rings is 1. The van der Waals surface area contributed by atoms with Crippen LogP contribution < -0.4 is 0 Å². The molecule has 0 aliphatic carbocycles. The second kappa shape index (κ2) is 7.62. The zero-order chi connectivity index (χ0) is 17.8. The van der Waals surface area contributed by atoms with E-state index in [1.807, 2.05) is 65.7 Å². The minimum Gasteiger partial charge on any atom is -0.340 e. The molecule has 0 N–H and O–H groups in total. The van der Waals surface area contributed by atoms with E-state index in [9.17, 15) is 4.79 Å². The highest BCUT2D eigenvalue weighted by atomic mass is 16.2. The molecule has 1 aromatic heterocycles. The first-order chi connectivity index (χ1) is 12.8. The number of fused-ring (bicyclic) bond motifs is 1. The maximum absolute atomic E-state index is 12.5. The molecular formula is C21H22N4O. The Kier molecular flexibility index (Phi) is 4.88. The van der Waals surface area contributed by atoms with Gasteiger partial charge in [0.2, 0.25) is 5.91 Å². The van der Waals surface area contributed by atoms with E-state index >= 15 is 0 Å². The van der Waals surface area contributed by atoms with Crippen LogP contribution in [0.4, 0.5) is 0 Å². The molecule has 0 bridgehead atoms. The molecule has 3 aromatic rings. The molecular weight excluding hydrogens is 324 g/mol.